The minimum atomic E-state index is -0.972. The fourth-order valence-corrected chi connectivity index (χ4v) is 2.05. The highest BCUT2D eigenvalue weighted by Crippen LogP contribution is 2.11. The molecule has 1 unspecified atom stereocenters. The number of carbonyl (C=O) groups is 2. The van der Waals surface area contributed by atoms with Crippen molar-refractivity contribution in [3.63, 3.8) is 0 Å². The molecule has 23 heavy (non-hydrogen) atoms. The van der Waals surface area contributed by atoms with Gasteiger partial charge >= 0.3 is 0 Å². The van der Waals surface area contributed by atoms with Crippen molar-refractivity contribution in [2.24, 2.45) is 0 Å². The van der Waals surface area contributed by atoms with Gasteiger partial charge in [-0.3, -0.25) is 9.59 Å². The lowest BCUT2D eigenvalue weighted by Gasteiger charge is -2.14. The Morgan fingerprint density at radius 1 is 1.09 bits per heavy atom. The van der Waals surface area contributed by atoms with Gasteiger partial charge in [-0.1, -0.05) is 30.3 Å². The minimum Gasteiger partial charge on any atom is -0.348 e. The van der Waals surface area contributed by atoms with E-state index >= 15 is 0 Å². The van der Waals surface area contributed by atoms with Crippen LogP contribution in [0.25, 0.3) is 0 Å². The Morgan fingerprint density at radius 3 is 2.43 bits per heavy atom. The van der Waals surface area contributed by atoms with Crippen LogP contribution in [-0.4, -0.2) is 18.4 Å². The molecule has 0 saturated carbocycles. The van der Waals surface area contributed by atoms with Crippen LogP contribution in [0, 0.1) is 11.6 Å². The fraction of sp³-hybridized carbons (Fsp3) is 0.176. The summed E-state index contributed by atoms with van der Waals surface area (Å²) in [7, 11) is 0. The summed E-state index contributed by atoms with van der Waals surface area (Å²) in [6.07, 6.45) is 0. The minimum absolute atomic E-state index is 0.219. The zero-order valence-corrected chi connectivity index (χ0v) is 12.5. The van der Waals surface area contributed by atoms with Crippen LogP contribution in [0.4, 0.5) is 8.78 Å². The van der Waals surface area contributed by atoms with Crippen LogP contribution in [-0.2, 0) is 4.79 Å². The van der Waals surface area contributed by atoms with Gasteiger partial charge in [0.15, 0.2) is 0 Å². The van der Waals surface area contributed by atoms with E-state index in [9.17, 15) is 18.4 Å². The quantitative estimate of drug-likeness (QED) is 0.890. The van der Waals surface area contributed by atoms with Gasteiger partial charge in [0.2, 0.25) is 5.91 Å². The molecule has 0 saturated heterocycles. The van der Waals surface area contributed by atoms with E-state index in [4.69, 9.17) is 0 Å². The van der Waals surface area contributed by atoms with Gasteiger partial charge in [0.05, 0.1) is 18.2 Å². The first-order valence-corrected chi connectivity index (χ1v) is 7.05. The van der Waals surface area contributed by atoms with Gasteiger partial charge in [-0.2, -0.15) is 0 Å². The number of nitrogens with one attached hydrogen (secondary N) is 2. The molecule has 0 fully saturated rings. The van der Waals surface area contributed by atoms with Crippen molar-refractivity contribution >= 4 is 11.8 Å². The first-order chi connectivity index (χ1) is 11.0. The third-order valence-corrected chi connectivity index (χ3v) is 3.26. The number of rotatable bonds is 5. The lowest BCUT2D eigenvalue weighted by molar-refractivity contribution is -0.120. The molecule has 1 atom stereocenters. The summed E-state index contributed by atoms with van der Waals surface area (Å²) in [5, 5.41) is 5.02. The molecule has 0 aliphatic carbocycles. The summed E-state index contributed by atoms with van der Waals surface area (Å²) in [5.41, 5.74) is 0.618. The molecule has 0 heterocycles. The Kier molecular flexibility index (Phi) is 5.41. The van der Waals surface area contributed by atoms with E-state index < -0.39 is 23.4 Å². The zero-order chi connectivity index (χ0) is 16.8. The highest BCUT2D eigenvalue weighted by molar-refractivity contribution is 5.96. The molecule has 2 aromatic carbocycles. The van der Waals surface area contributed by atoms with Gasteiger partial charge in [0, 0.05) is 6.07 Å². The summed E-state index contributed by atoms with van der Waals surface area (Å²) >= 11 is 0. The Labute approximate surface area is 132 Å². The molecular weight excluding hydrogens is 302 g/mol. The van der Waals surface area contributed by atoms with Gasteiger partial charge in [-0.15, -0.1) is 0 Å². The molecule has 0 spiro atoms. The third kappa shape index (κ3) is 4.60. The average molecular weight is 318 g/mol. The molecule has 0 radical (unpaired) electrons. The molecule has 2 aromatic rings. The van der Waals surface area contributed by atoms with E-state index in [0.717, 1.165) is 17.7 Å². The van der Waals surface area contributed by atoms with Gasteiger partial charge in [-0.25, -0.2) is 8.78 Å². The monoisotopic (exact) mass is 318 g/mol. The Morgan fingerprint density at radius 2 is 1.78 bits per heavy atom. The largest absolute Gasteiger partial charge is 0.348 e. The normalized spacial score (nSPS) is 11.6. The van der Waals surface area contributed by atoms with E-state index in [2.05, 4.69) is 10.6 Å². The Bertz CT molecular complexity index is 705. The number of carbonyl (C=O) groups excluding carboxylic acids is 2. The SMILES string of the molecule is CC(NC(=O)CNC(=O)c1ccc(F)cc1F)c1ccccc1. The number of hydrogen-bond donors (Lipinski definition) is 2. The van der Waals surface area contributed by atoms with E-state index in [0.29, 0.717) is 6.07 Å². The average Bonchev–Trinajstić information content (AvgIpc) is 2.53. The summed E-state index contributed by atoms with van der Waals surface area (Å²) in [4.78, 5) is 23.6. The molecule has 2 N–H and O–H groups in total. The van der Waals surface area contributed by atoms with Crippen LogP contribution in [0.15, 0.2) is 48.5 Å². The van der Waals surface area contributed by atoms with Crippen LogP contribution >= 0.6 is 0 Å². The van der Waals surface area contributed by atoms with Gasteiger partial charge in [-0.05, 0) is 24.6 Å². The van der Waals surface area contributed by atoms with Crippen molar-refractivity contribution in [1.82, 2.24) is 10.6 Å². The lowest BCUT2D eigenvalue weighted by atomic mass is 10.1. The first-order valence-electron chi connectivity index (χ1n) is 7.05. The maximum atomic E-state index is 13.5. The molecule has 0 aromatic heterocycles. The second kappa shape index (κ2) is 7.49. The molecule has 0 bridgehead atoms. The maximum Gasteiger partial charge on any atom is 0.254 e. The summed E-state index contributed by atoms with van der Waals surface area (Å²) in [6.45, 7) is 1.52. The predicted octanol–water partition coefficient (Wildman–Crippen LogP) is 2.57. The van der Waals surface area contributed by atoms with Crippen molar-refractivity contribution in [1.29, 1.82) is 0 Å². The molecule has 6 heteroatoms. The zero-order valence-electron chi connectivity index (χ0n) is 12.5. The topological polar surface area (TPSA) is 58.2 Å². The first kappa shape index (κ1) is 16.6. The number of hydrogen-bond acceptors (Lipinski definition) is 2. The summed E-state index contributed by atoms with van der Waals surface area (Å²) < 4.78 is 26.2. The lowest BCUT2D eigenvalue weighted by Crippen LogP contribution is -2.38. The van der Waals surface area contributed by atoms with Crippen molar-refractivity contribution < 1.29 is 18.4 Å². The summed E-state index contributed by atoms with van der Waals surface area (Å²) in [6, 6.07) is 11.7. The second-order valence-electron chi connectivity index (χ2n) is 5.01. The second-order valence-corrected chi connectivity index (χ2v) is 5.01. The molecule has 4 nitrogen and oxygen atoms in total. The molecule has 0 aliphatic heterocycles. The molecule has 2 rings (SSSR count). The van der Waals surface area contributed by atoms with Gasteiger partial charge in [0.25, 0.3) is 5.91 Å². The van der Waals surface area contributed by atoms with Crippen LogP contribution < -0.4 is 10.6 Å². The molecule has 0 aliphatic rings. The van der Waals surface area contributed by atoms with Crippen molar-refractivity contribution in [3.05, 3.63) is 71.3 Å². The predicted molar refractivity (Wildman–Crippen MR) is 81.7 cm³/mol. The standard InChI is InChI=1S/C17H16F2N2O2/c1-11(12-5-3-2-4-6-12)21-16(22)10-20-17(23)14-8-7-13(18)9-15(14)19/h2-9,11H,10H2,1H3,(H,20,23)(H,21,22). The molecular formula is C17H16F2N2O2. The van der Waals surface area contributed by atoms with E-state index in [1.807, 2.05) is 37.3 Å². The molecule has 120 valence electrons. The van der Waals surface area contributed by atoms with Crippen LogP contribution in [0.3, 0.4) is 0 Å². The van der Waals surface area contributed by atoms with Crippen molar-refractivity contribution in [2.75, 3.05) is 6.54 Å². The highest BCUT2D eigenvalue weighted by atomic mass is 19.1. The summed E-state index contributed by atoms with van der Waals surface area (Å²) in [5.74, 6) is -2.92. The smallest absolute Gasteiger partial charge is 0.254 e. The third-order valence-electron chi connectivity index (χ3n) is 3.26. The van der Waals surface area contributed by atoms with Crippen LogP contribution in [0.2, 0.25) is 0 Å². The van der Waals surface area contributed by atoms with Gasteiger partial charge < -0.3 is 10.6 Å². The fourth-order valence-electron chi connectivity index (χ4n) is 2.05. The molecule has 2 amide bonds. The maximum absolute atomic E-state index is 13.5. The van der Waals surface area contributed by atoms with E-state index in [-0.39, 0.29) is 18.2 Å². The van der Waals surface area contributed by atoms with Crippen molar-refractivity contribution in [2.45, 2.75) is 13.0 Å². The Balaban J connectivity index is 1.88. The van der Waals surface area contributed by atoms with Crippen molar-refractivity contribution in [3.8, 4) is 0 Å². The highest BCUT2D eigenvalue weighted by Gasteiger charge is 2.14. The number of halogens is 2. The number of benzene rings is 2. The van der Waals surface area contributed by atoms with E-state index in [1.54, 1.807) is 0 Å². The van der Waals surface area contributed by atoms with Crippen LogP contribution in [0.5, 0.6) is 0 Å². The number of amides is 2. The van der Waals surface area contributed by atoms with E-state index in [1.165, 1.54) is 0 Å². The van der Waals surface area contributed by atoms with Crippen LogP contribution in [0.1, 0.15) is 28.9 Å². The Hall–Kier alpha value is -2.76. The van der Waals surface area contributed by atoms with Gasteiger partial charge in [0.1, 0.15) is 11.6 Å².